The van der Waals surface area contributed by atoms with Crippen LogP contribution in [0.5, 0.6) is 0 Å². The molecule has 1 fully saturated rings. The Morgan fingerprint density at radius 2 is 1.69 bits per heavy atom. The Morgan fingerprint density at radius 1 is 0.949 bits per heavy atom. The molecule has 0 radical (unpaired) electrons. The van der Waals surface area contributed by atoms with Crippen LogP contribution >= 0.6 is 0 Å². The number of nitrogens with zero attached hydrogens (tertiary/aromatic N) is 6. The number of hydrogen-bond acceptors (Lipinski definition) is 5. The molecule has 0 saturated carbocycles. The summed E-state index contributed by atoms with van der Waals surface area (Å²) < 4.78 is 3.57. The molecule has 6 rings (SSSR count). The molecule has 1 saturated heterocycles. The number of rotatable bonds is 5. The monoisotopic (exact) mass is 519 g/mol. The highest BCUT2D eigenvalue weighted by atomic mass is 16.2. The predicted octanol–water partition coefficient (Wildman–Crippen LogP) is 4.80. The number of benzene rings is 2. The van der Waals surface area contributed by atoms with Crippen molar-refractivity contribution in [2.75, 3.05) is 18.4 Å². The number of likely N-dealkylation sites (tertiary alicyclic amines) is 1. The first kappa shape index (κ1) is 24.5. The molecule has 9 heteroatoms. The number of nitrogens with one attached hydrogen (secondary N) is 1. The van der Waals surface area contributed by atoms with Gasteiger partial charge in [0.2, 0.25) is 5.78 Å². The van der Waals surface area contributed by atoms with Crippen molar-refractivity contribution in [1.29, 1.82) is 0 Å². The summed E-state index contributed by atoms with van der Waals surface area (Å²) in [7, 11) is 0. The van der Waals surface area contributed by atoms with E-state index in [0.29, 0.717) is 41.9 Å². The molecular weight excluding hydrogens is 490 g/mol. The second kappa shape index (κ2) is 10.2. The third kappa shape index (κ3) is 4.90. The molecule has 2 amide bonds. The number of fused-ring (bicyclic) bond motifs is 1. The van der Waals surface area contributed by atoms with Gasteiger partial charge in [0.1, 0.15) is 11.4 Å². The van der Waals surface area contributed by atoms with Gasteiger partial charge in [-0.05, 0) is 74.6 Å². The first-order valence-electron chi connectivity index (χ1n) is 13.1. The van der Waals surface area contributed by atoms with Crippen LogP contribution in [0.15, 0.2) is 79.1 Å². The molecule has 2 aromatic carbocycles. The molecule has 1 N–H and O–H groups in total. The number of carbonyl (C=O) groups is 2. The number of para-hydroxylation sites is 1. The second-order valence-corrected chi connectivity index (χ2v) is 9.94. The molecule has 0 bridgehead atoms. The highest BCUT2D eigenvalue weighted by molar-refractivity contribution is 6.03. The van der Waals surface area contributed by atoms with E-state index in [9.17, 15) is 9.59 Å². The van der Waals surface area contributed by atoms with Crippen LogP contribution in [0.4, 0.5) is 5.69 Å². The van der Waals surface area contributed by atoms with Gasteiger partial charge < -0.3 is 10.2 Å². The minimum atomic E-state index is -0.270. The fourth-order valence-corrected chi connectivity index (χ4v) is 5.21. The lowest BCUT2D eigenvalue weighted by molar-refractivity contribution is 0.0703. The largest absolute Gasteiger partial charge is 0.337 e. The van der Waals surface area contributed by atoms with Crippen molar-refractivity contribution in [3.8, 4) is 5.69 Å². The van der Waals surface area contributed by atoms with Crippen molar-refractivity contribution in [2.45, 2.75) is 32.6 Å². The fraction of sp³-hybridized carbons (Fsp3) is 0.233. The third-order valence-electron chi connectivity index (χ3n) is 7.27. The Kier molecular flexibility index (Phi) is 6.40. The number of carbonyl (C=O) groups excluding carboxylic acids is 2. The van der Waals surface area contributed by atoms with E-state index < -0.39 is 0 Å². The Bertz CT molecular complexity index is 1650. The van der Waals surface area contributed by atoms with E-state index in [-0.39, 0.29) is 11.8 Å². The van der Waals surface area contributed by atoms with Crippen LogP contribution < -0.4 is 5.32 Å². The van der Waals surface area contributed by atoms with Crippen LogP contribution in [-0.2, 0) is 0 Å². The number of aromatic nitrogens is 5. The van der Waals surface area contributed by atoms with Gasteiger partial charge in [-0.25, -0.2) is 14.6 Å². The molecule has 0 atom stereocenters. The second-order valence-electron chi connectivity index (χ2n) is 9.94. The average molecular weight is 520 g/mol. The van der Waals surface area contributed by atoms with Gasteiger partial charge in [-0.2, -0.15) is 5.10 Å². The normalized spacial score (nSPS) is 14.1. The van der Waals surface area contributed by atoms with Crippen molar-refractivity contribution >= 4 is 23.3 Å². The molecule has 1 aliphatic heterocycles. The topological polar surface area (TPSA) is 97.4 Å². The Labute approximate surface area is 226 Å². The number of hydrogen-bond donors (Lipinski definition) is 1. The first-order valence-corrected chi connectivity index (χ1v) is 13.1. The number of piperidine rings is 1. The van der Waals surface area contributed by atoms with E-state index in [1.807, 2.05) is 77.9 Å². The van der Waals surface area contributed by atoms with E-state index in [4.69, 9.17) is 0 Å². The van der Waals surface area contributed by atoms with Crippen LogP contribution in [0.2, 0.25) is 0 Å². The standard InChI is InChI=1S/C30H29N7O2/c1-20-18-27(37(34-20)25-6-4-3-5-7-25)29(39)35-15-12-23(13-16-35)22-8-10-24(11-9-22)32-28(38)26-19-21(2)36-17-14-31-30(36)33-26/h3-11,14,17-19,23H,12-13,15-16H2,1-2H3,(H,32,38). The maximum atomic E-state index is 13.4. The molecule has 196 valence electrons. The minimum absolute atomic E-state index is 0.00773. The van der Waals surface area contributed by atoms with E-state index in [0.717, 1.165) is 29.9 Å². The lowest BCUT2D eigenvalue weighted by atomic mass is 9.89. The van der Waals surface area contributed by atoms with Crippen LogP contribution in [0, 0.1) is 13.8 Å². The summed E-state index contributed by atoms with van der Waals surface area (Å²) in [5, 5.41) is 7.49. The summed E-state index contributed by atoms with van der Waals surface area (Å²) in [4.78, 5) is 36.7. The molecule has 3 aromatic heterocycles. The van der Waals surface area contributed by atoms with E-state index in [1.54, 1.807) is 16.9 Å². The maximum absolute atomic E-state index is 13.4. The van der Waals surface area contributed by atoms with Gasteiger partial charge in [0.25, 0.3) is 11.8 Å². The predicted molar refractivity (Wildman–Crippen MR) is 148 cm³/mol. The van der Waals surface area contributed by atoms with E-state index in [1.165, 1.54) is 5.56 Å². The van der Waals surface area contributed by atoms with Crippen LogP contribution in [0.3, 0.4) is 0 Å². The van der Waals surface area contributed by atoms with Gasteiger partial charge in [0, 0.05) is 36.9 Å². The molecule has 0 spiro atoms. The summed E-state index contributed by atoms with van der Waals surface area (Å²) in [6.07, 6.45) is 5.24. The minimum Gasteiger partial charge on any atom is -0.337 e. The van der Waals surface area contributed by atoms with Crippen molar-refractivity contribution in [1.82, 2.24) is 29.0 Å². The molecule has 5 aromatic rings. The quantitative estimate of drug-likeness (QED) is 0.360. The van der Waals surface area contributed by atoms with Crippen LogP contribution in [-0.4, -0.2) is 54.0 Å². The van der Waals surface area contributed by atoms with Gasteiger partial charge in [-0.3, -0.25) is 14.0 Å². The summed E-state index contributed by atoms with van der Waals surface area (Å²) in [6, 6.07) is 21.3. The summed E-state index contributed by atoms with van der Waals surface area (Å²) in [5.74, 6) is 0.591. The summed E-state index contributed by atoms with van der Waals surface area (Å²) in [6.45, 7) is 5.19. The maximum Gasteiger partial charge on any atom is 0.274 e. The Hall–Kier alpha value is -4.79. The number of anilines is 1. The van der Waals surface area contributed by atoms with Gasteiger partial charge >= 0.3 is 0 Å². The van der Waals surface area contributed by atoms with E-state index >= 15 is 0 Å². The SMILES string of the molecule is Cc1cc(C(=O)N2CCC(c3ccc(NC(=O)c4cc(C)n5ccnc5n4)cc3)CC2)n(-c2ccccc2)n1. The van der Waals surface area contributed by atoms with Gasteiger partial charge in [0.15, 0.2) is 0 Å². The van der Waals surface area contributed by atoms with Gasteiger partial charge in [-0.1, -0.05) is 30.3 Å². The van der Waals surface area contributed by atoms with Crippen LogP contribution in [0.1, 0.15) is 56.7 Å². The zero-order valence-corrected chi connectivity index (χ0v) is 21.9. The smallest absolute Gasteiger partial charge is 0.274 e. The molecular formula is C30H29N7O2. The molecule has 1 aliphatic rings. The summed E-state index contributed by atoms with van der Waals surface area (Å²) in [5.41, 5.74) is 5.43. The zero-order valence-electron chi connectivity index (χ0n) is 21.9. The fourth-order valence-electron chi connectivity index (χ4n) is 5.21. The first-order chi connectivity index (χ1) is 19.0. The van der Waals surface area contributed by atoms with Crippen molar-refractivity contribution in [3.05, 3.63) is 107 Å². The molecule has 0 aliphatic carbocycles. The third-order valence-corrected chi connectivity index (χ3v) is 7.27. The molecule has 4 heterocycles. The van der Waals surface area contributed by atoms with Crippen LogP contribution in [0.25, 0.3) is 11.5 Å². The highest BCUT2D eigenvalue weighted by Crippen LogP contribution is 2.30. The van der Waals surface area contributed by atoms with Crippen molar-refractivity contribution in [2.24, 2.45) is 0 Å². The number of aryl methyl sites for hydroxylation is 2. The Balaban J connectivity index is 1.09. The van der Waals surface area contributed by atoms with Gasteiger partial charge in [-0.15, -0.1) is 0 Å². The lowest BCUT2D eigenvalue weighted by Crippen LogP contribution is -2.38. The zero-order chi connectivity index (χ0) is 26.9. The Morgan fingerprint density at radius 3 is 2.44 bits per heavy atom. The van der Waals surface area contributed by atoms with Crippen molar-refractivity contribution in [3.63, 3.8) is 0 Å². The highest BCUT2D eigenvalue weighted by Gasteiger charge is 2.27. The van der Waals surface area contributed by atoms with Crippen molar-refractivity contribution < 1.29 is 9.59 Å². The van der Waals surface area contributed by atoms with E-state index in [2.05, 4.69) is 32.5 Å². The van der Waals surface area contributed by atoms with Gasteiger partial charge in [0.05, 0.1) is 11.4 Å². The number of amides is 2. The lowest BCUT2D eigenvalue weighted by Gasteiger charge is -2.32. The summed E-state index contributed by atoms with van der Waals surface area (Å²) >= 11 is 0. The average Bonchev–Trinajstić information content (AvgIpc) is 3.61. The number of imidazole rings is 1. The molecule has 9 nitrogen and oxygen atoms in total. The molecule has 0 unspecified atom stereocenters. The molecule has 39 heavy (non-hydrogen) atoms.